The first-order chi connectivity index (χ1) is 10.9. The van der Waals surface area contributed by atoms with Crippen LogP contribution in [0.5, 0.6) is 5.75 Å². The Labute approximate surface area is 132 Å². The average molecular weight is 313 g/mol. The quantitative estimate of drug-likeness (QED) is 0.460. The van der Waals surface area contributed by atoms with Crippen molar-refractivity contribution in [3.8, 4) is 16.9 Å². The summed E-state index contributed by atoms with van der Waals surface area (Å²) >= 11 is 0. The molecule has 0 unspecified atom stereocenters. The van der Waals surface area contributed by atoms with Crippen molar-refractivity contribution in [1.82, 2.24) is 0 Å². The Kier molecular flexibility index (Phi) is 4.75. The number of benzene rings is 2. The molecule has 0 radical (unpaired) electrons. The van der Waals surface area contributed by atoms with Crippen LogP contribution in [0.3, 0.4) is 0 Å². The second-order valence-corrected chi connectivity index (χ2v) is 4.92. The molecule has 0 fully saturated rings. The van der Waals surface area contributed by atoms with Gasteiger partial charge in [-0.25, -0.2) is 4.39 Å². The molecule has 0 saturated carbocycles. The highest BCUT2D eigenvalue weighted by atomic mass is 19.1. The molecule has 0 aromatic heterocycles. The summed E-state index contributed by atoms with van der Waals surface area (Å²) in [5.74, 6) is -1.35. The van der Waals surface area contributed by atoms with Crippen LogP contribution < -0.4 is 11.5 Å². The van der Waals surface area contributed by atoms with Gasteiger partial charge in [0.05, 0.1) is 0 Å². The zero-order chi connectivity index (χ0) is 17.0. The maximum atomic E-state index is 14.2. The van der Waals surface area contributed by atoms with Gasteiger partial charge in [-0.1, -0.05) is 24.3 Å². The minimum absolute atomic E-state index is 0.112. The molecule has 0 heterocycles. The molecule has 2 aromatic rings. The molecule has 0 saturated heterocycles. The fourth-order valence-electron chi connectivity index (χ4n) is 2.06. The van der Waals surface area contributed by atoms with E-state index in [9.17, 15) is 14.3 Å². The Morgan fingerprint density at radius 3 is 2.43 bits per heavy atom. The zero-order valence-electron chi connectivity index (χ0n) is 12.5. The lowest BCUT2D eigenvalue weighted by Crippen LogP contribution is -2.24. The molecular formula is C17H16FN3O2. The number of hydrogen-bond acceptors (Lipinski definition) is 2. The number of aromatic hydroxyl groups is 1. The highest BCUT2D eigenvalue weighted by Crippen LogP contribution is 2.29. The SMILES string of the molecule is CC(=Cc1c(F)cccc1-c1ccc(O)cc1)C(=O)N=C(N)N. The topological polar surface area (TPSA) is 102 Å². The van der Waals surface area contributed by atoms with Crippen LogP contribution in [-0.4, -0.2) is 17.0 Å². The van der Waals surface area contributed by atoms with E-state index in [2.05, 4.69) is 4.99 Å². The first-order valence-electron chi connectivity index (χ1n) is 6.78. The van der Waals surface area contributed by atoms with E-state index in [4.69, 9.17) is 11.5 Å². The third-order valence-electron chi connectivity index (χ3n) is 3.16. The Morgan fingerprint density at radius 2 is 1.83 bits per heavy atom. The standard InChI is InChI=1S/C17H16FN3O2/c1-10(16(23)21-17(19)20)9-14-13(3-2-4-15(14)18)11-5-7-12(22)8-6-11/h2-9,22H,1H3,(H4,19,20,21,23). The number of phenols is 1. The second-order valence-electron chi connectivity index (χ2n) is 4.92. The smallest absolute Gasteiger partial charge is 0.275 e. The Balaban J connectivity index is 2.52. The van der Waals surface area contributed by atoms with Crippen LogP contribution in [0.2, 0.25) is 0 Å². The molecule has 0 spiro atoms. The van der Waals surface area contributed by atoms with Gasteiger partial charge in [0.25, 0.3) is 5.91 Å². The molecule has 5 N–H and O–H groups in total. The number of aliphatic imine (C=N–C) groups is 1. The summed E-state index contributed by atoms with van der Waals surface area (Å²) < 4.78 is 14.2. The van der Waals surface area contributed by atoms with Crippen molar-refractivity contribution < 1.29 is 14.3 Å². The van der Waals surface area contributed by atoms with Crippen molar-refractivity contribution in [2.45, 2.75) is 6.92 Å². The number of carbonyl (C=O) groups excluding carboxylic acids is 1. The lowest BCUT2D eigenvalue weighted by atomic mass is 9.97. The van der Waals surface area contributed by atoms with E-state index in [1.54, 1.807) is 24.3 Å². The molecule has 118 valence electrons. The van der Waals surface area contributed by atoms with Crippen molar-refractivity contribution in [1.29, 1.82) is 0 Å². The number of guanidine groups is 1. The predicted molar refractivity (Wildman–Crippen MR) is 88.0 cm³/mol. The van der Waals surface area contributed by atoms with Gasteiger partial charge in [0.15, 0.2) is 5.96 Å². The number of rotatable bonds is 3. The van der Waals surface area contributed by atoms with E-state index in [1.807, 2.05) is 0 Å². The molecule has 2 aromatic carbocycles. The van der Waals surface area contributed by atoms with Gasteiger partial charge in [0.1, 0.15) is 11.6 Å². The van der Waals surface area contributed by atoms with Gasteiger partial charge in [-0.2, -0.15) is 4.99 Å². The highest BCUT2D eigenvalue weighted by molar-refractivity contribution is 6.04. The van der Waals surface area contributed by atoms with Gasteiger partial charge in [0.2, 0.25) is 0 Å². The molecule has 0 aliphatic heterocycles. The highest BCUT2D eigenvalue weighted by Gasteiger charge is 2.11. The minimum Gasteiger partial charge on any atom is -0.508 e. The minimum atomic E-state index is -0.634. The van der Waals surface area contributed by atoms with Gasteiger partial charge < -0.3 is 16.6 Å². The average Bonchev–Trinajstić information content (AvgIpc) is 2.49. The maximum absolute atomic E-state index is 14.2. The van der Waals surface area contributed by atoms with Gasteiger partial charge in [0, 0.05) is 11.1 Å². The summed E-state index contributed by atoms with van der Waals surface area (Å²) in [6, 6.07) is 10.9. The van der Waals surface area contributed by atoms with Crippen molar-refractivity contribution >= 4 is 17.9 Å². The van der Waals surface area contributed by atoms with Crippen LogP contribution >= 0.6 is 0 Å². The molecule has 0 aliphatic rings. The molecular weight excluding hydrogens is 297 g/mol. The monoisotopic (exact) mass is 313 g/mol. The lowest BCUT2D eigenvalue weighted by molar-refractivity contribution is -0.114. The maximum Gasteiger partial charge on any atom is 0.275 e. The van der Waals surface area contributed by atoms with Gasteiger partial charge >= 0.3 is 0 Å². The van der Waals surface area contributed by atoms with Gasteiger partial charge in [-0.05, 0) is 42.3 Å². The summed E-state index contributed by atoms with van der Waals surface area (Å²) in [4.78, 5) is 15.2. The molecule has 5 nitrogen and oxygen atoms in total. The molecule has 23 heavy (non-hydrogen) atoms. The summed E-state index contributed by atoms with van der Waals surface area (Å²) in [6.07, 6.45) is 1.40. The van der Waals surface area contributed by atoms with Gasteiger partial charge in [-0.3, -0.25) is 4.79 Å². The summed E-state index contributed by atoms with van der Waals surface area (Å²) in [5.41, 5.74) is 12.1. The van der Waals surface area contributed by atoms with Crippen LogP contribution in [0.15, 0.2) is 53.0 Å². The van der Waals surface area contributed by atoms with E-state index in [0.29, 0.717) is 11.1 Å². The van der Waals surface area contributed by atoms with Crippen LogP contribution in [-0.2, 0) is 4.79 Å². The largest absolute Gasteiger partial charge is 0.508 e. The zero-order valence-corrected chi connectivity index (χ0v) is 12.5. The van der Waals surface area contributed by atoms with E-state index < -0.39 is 11.7 Å². The molecule has 6 heteroatoms. The summed E-state index contributed by atoms with van der Waals surface area (Å²) in [7, 11) is 0. The van der Waals surface area contributed by atoms with Crippen LogP contribution in [0.25, 0.3) is 17.2 Å². The first-order valence-corrected chi connectivity index (χ1v) is 6.78. The van der Waals surface area contributed by atoms with Crippen LogP contribution in [0.4, 0.5) is 4.39 Å². The predicted octanol–water partition coefficient (Wildman–Crippen LogP) is 2.40. The van der Waals surface area contributed by atoms with E-state index in [0.717, 1.165) is 0 Å². The lowest BCUT2D eigenvalue weighted by Gasteiger charge is -2.09. The van der Waals surface area contributed by atoms with Crippen molar-refractivity contribution in [3.05, 3.63) is 59.4 Å². The third-order valence-corrected chi connectivity index (χ3v) is 3.16. The molecule has 2 rings (SSSR count). The van der Waals surface area contributed by atoms with E-state index in [1.165, 1.54) is 31.2 Å². The summed E-state index contributed by atoms with van der Waals surface area (Å²) in [6.45, 7) is 1.50. The van der Waals surface area contributed by atoms with Crippen molar-refractivity contribution in [3.63, 3.8) is 0 Å². The number of nitrogens with zero attached hydrogens (tertiary/aromatic N) is 1. The fourth-order valence-corrected chi connectivity index (χ4v) is 2.06. The normalized spacial score (nSPS) is 11.1. The van der Waals surface area contributed by atoms with E-state index in [-0.39, 0.29) is 22.8 Å². The summed E-state index contributed by atoms with van der Waals surface area (Å²) in [5, 5.41) is 9.36. The number of hydrogen-bond donors (Lipinski definition) is 3. The van der Waals surface area contributed by atoms with Gasteiger partial charge in [-0.15, -0.1) is 0 Å². The van der Waals surface area contributed by atoms with Crippen LogP contribution in [0, 0.1) is 5.82 Å². The number of amides is 1. The van der Waals surface area contributed by atoms with Crippen LogP contribution in [0.1, 0.15) is 12.5 Å². The first kappa shape index (κ1) is 16.2. The van der Waals surface area contributed by atoms with Crippen molar-refractivity contribution in [2.75, 3.05) is 0 Å². The van der Waals surface area contributed by atoms with E-state index >= 15 is 0 Å². The Morgan fingerprint density at radius 1 is 1.17 bits per heavy atom. The number of halogens is 1. The fraction of sp³-hybridized carbons (Fsp3) is 0.0588. The van der Waals surface area contributed by atoms with Crippen molar-refractivity contribution in [2.24, 2.45) is 16.5 Å². The number of nitrogens with two attached hydrogens (primary N) is 2. The third kappa shape index (κ3) is 3.94. The molecule has 1 amide bonds. The Bertz CT molecular complexity index is 792. The second kappa shape index (κ2) is 6.74. The Hall–Kier alpha value is -3.15. The molecule has 0 atom stereocenters. The number of carbonyl (C=O) groups is 1. The molecule has 0 aliphatic carbocycles. The number of phenolic OH excluding ortho intramolecular Hbond substituents is 1. The molecule has 0 bridgehead atoms.